The molecule has 7 heteroatoms. The second kappa shape index (κ2) is 6.06. The van der Waals surface area contributed by atoms with Gasteiger partial charge in [-0.2, -0.15) is 0 Å². The third-order valence-corrected chi connectivity index (χ3v) is 6.24. The molecule has 2 heterocycles. The molecule has 0 saturated heterocycles. The van der Waals surface area contributed by atoms with E-state index in [-0.39, 0.29) is 0 Å². The number of imidazole rings is 1. The zero-order valence-corrected chi connectivity index (χ0v) is 14.3. The Bertz CT molecular complexity index is 776. The van der Waals surface area contributed by atoms with Crippen molar-refractivity contribution in [1.82, 2.24) is 14.3 Å². The predicted octanol–water partition coefficient (Wildman–Crippen LogP) is 2.13. The molecule has 0 fully saturated rings. The van der Waals surface area contributed by atoms with Crippen LogP contribution in [0.5, 0.6) is 0 Å². The monoisotopic (exact) mass is 337 g/mol. The van der Waals surface area contributed by atoms with E-state index in [9.17, 15) is 8.42 Å². The van der Waals surface area contributed by atoms with E-state index in [4.69, 9.17) is 0 Å². The zero-order valence-electron chi connectivity index (χ0n) is 12.7. The topological polar surface area (TPSA) is 64.0 Å². The molecular formula is C15H19N3O2S2. The average molecular weight is 337 g/mol. The summed E-state index contributed by atoms with van der Waals surface area (Å²) in [6.07, 6.45) is 2.62. The first-order chi connectivity index (χ1) is 10.5. The van der Waals surface area contributed by atoms with E-state index in [1.165, 1.54) is 0 Å². The molecule has 0 aliphatic carbocycles. The van der Waals surface area contributed by atoms with Crippen LogP contribution in [0.4, 0.5) is 0 Å². The van der Waals surface area contributed by atoms with Gasteiger partial charge in [0.25, 0.3) is 0 Å². The maximum atomic E-state index is 12.4. The number of aromatic nitrogens is 2. The maximum absolute atomic E-state index is 12.4. The number of aryl methyl sites for hydroxylation is 3. The number of thioether (sulfide) groups is 1. The molecule has 1 aromatic carbocycles. The molecule has 0 amide bonds. The molecule has 5 nitrogen and oxygen atoms in total. The largest absolute Gasteiger partial charge is 0.325 e. The number of benzene rings is 1. The van der Waals surface area contributed by atoms with Crippen molar-refractivity contribution in [3.05, 3.63) is 41.2 Å². The molecule has 118 valence electrons. The Kier molecular flexibility index (Phi) is 4.29. The first-order valence-corrected chi connectivity index (χ1v) is 9.68. The fraction of sp³-hybridized carbons (Fsp3) is 0.400. The lowest BCUT2D eigenvalue weighted by molar-refractivity contribution is 0.580. The molecule has 3 rings (SSSR count). The molecule has 0 radical (unpaired) electrons. The van der Waals surface area contributed by atoms with Gasteiger partial charge in [0, 0.05) is 31.5 Å². The van der Waals surface area contributed by atoms with Crippen LogP contribution >= 0.6 is 11.8 Å². The Hall–Kier alpha value is -1.31. The second-order valence-electron chi connectivity index (χ2n) is 5.47. The van der Waals surface area contributed by atoms with Crippen LogP contribution in [0.3, 0.4) is 0 Å². The number of hydrogen-bond donors (Lipinski definition) is 1. The lowest BCUT2D eigenvalue weighted by Gasteiger charge is -2.09. The van der Waals surface area contributed by atoms with E-state index in [0.717, 1.165) is 34.3 Å². The van der Waals surface area contributed by atoms with Gasteiger partial charge in [-0.25, -0.2) is 18.1 Å². The number of rotatable bonds is 5. The van der Waals surface area contributed by atoms with Gasteiger partial charge in [-0.1, -0.05) is 29.5 Å². The first-order valence-electron chi connectivity index (χ1n) is 7.21. The van der Waals surface area contributed by atoms with E-state index in [2.05, 4.69) is 14.3 Å². The third kappa shape index (κ3) is 3.21. The Balaban J connectivity index is 1.64. The van der Waals surface area contributed by atoms with Crippen molar-refractivity contribution >= 4 is 21.8 Å². The molecule has 2 aromatic rings. The number of hydrogen-bond acceptors (Lipinski definition) is 4. The highest BCUT2D eigenvalue weighted by molar-refractivity contribution is 7.99. The van der Waals surface area contributed by atoms with Crippen molar-refractivity contribution < 1.29 is 8.42 Å². The summed E-state index contributed by atoms with van der Waals surface area (Å²) in [6.45, 7) is 5.11. The number of nitrogens with zero attached hydrogens (tertiary/aromatic N) is 2. The first kappa shape index (κ1) is 15.6. The van der Waals surface area contributed by atoms with E-state index in [1.54, 1.807) is 17.8 Å². The fourth-order valence-corrected chi connectivity index (χ4v) is 4.79. The lowest BCUT2D eigenvalue weighted by atomic mass is 10.2. The SMILES string of the molecule is Cc1ccc(S(=O)(=O)NCCc2cn3c(n2)SCC3)c(C)c1. The summed E-state index contributed by atoms with van der Waals surface area (Å²) in [4.78, 5) is 4.85. The van der Waals surface area contributed by atoms with Crippen LogP contribution < -0.4 is 4.72 Å². The molecule has 1 aliphatic heterocycles. The standard InChI is InChI=1S/C15H19N3O2S2/c1-11-3-4-14(12(2)9-11)22(19,20)16-6-5-13-10-18-7-8-21-15(18)17-13/h3-4,9-10,16H,5-8H2,1-2H3. The van der Waals surface area contributed by atoms with Crippen LogP contribution in [0.15, 0.2) is 34.4 Å². The van der Waals surface area contributed by atoms with Gasteiger partial charge >= 0.3 is 0 Å². The minimum absolute atomic E-state index is 0.348. The molecule has 0 atom stereocenters. The molecule has 1 N–H and O–H groups in total. The predicted molar refractivity (Wildman–Crippen MR) is 87.8 cm³/mol. The lowest BCUT2D eigenvalue weighted by Crippen LogP contribution is -2.26. The van der Waals surface area contributed by atoms with Crippen molar-refractivity contribution in [3.63, 3.8) is 0 Å². The van der Waals surface area contributed by atoms with Crippen LogP contribution in [0.25, 0.3) is 0 Å². The minimum Gasteiger partial charge on any atom is -0.325 e. The molecule has 0 saturated carbocycles. The maximum Gasteiger partial charge on any atom is 0.240 e. The summed E-state index contributed by atoms with van der Waals surface area (Å²) in [5.41, 5.74) is 2.76. The van der Waals surface area contributed by atoms with Crippen LogP contribution in [-0.2, 0) is 23.0 Å². The number of sulfonamides is 1. The van der Waals surface area contributed by atoms with Crippen molar-refractivity contribution in [2.24, 2.45) is 0 Å². The summed E-state index contributed by atoms with van der Waals surface area (Å²) < 4.78 is 29.5. The van der Waals surface area contributed by atoms with Gasteiger partial charge in [0.05, 0.1) is 10.6 Å². The summed E-state index contributed by atoms with van der Waals surface area (Å²) in [5.74, 6) is 1.07. The Morgan fingerprint density at radius 1 is 1.36 bits per heavy atom. The Morgan fingerprint density at radius 2 is 2.18 bits per heavy atom. The highest BCUT2D eigenvalue weighted by atomic mass is 32.2. The highest BCUT2D eigenvalue weighted by Gasteiger charge is 2.17. The van der Waals surface area contributed by atoms with E-state index >= 15 is 0 Å². The van der Waals surface area contributed by atoms with Crippen molar-refractivity contribution in [2.75, 3.05) is 12.3 Å². The van der Waals surface area contributed by atoms with Gasteiger partial charge in [-0.15, -0.1) is 0 Å². The van der Waals surface area contributed by atoms with Crippen LogP contribution in [0.2, 0.25) is 0 Å². The Morgan fingerprint density at radius 3 is 2.91 bits per heavy atom. The molecule has 0 unspecified atom stereocenters. The van der Waals surface area contributed by atoms with Gasteiger partial charge in [-0.3, -0.25) is 0 Å². The second-order valence-corrected chi connectivity index (χ2v) is 8.27. The van der Waals surface area contributed by atoms with Crippen LogP contribution in [-0.4, -0.2) is 30.3 Å². The zero-order chi connectivity index (χ0) is 15.7. The summed E-state index contributed by atoms with van der Waals surface area (Å²) in [7, 11) is -3.46. The number of nitrogens with one attached hydrogen (secondary N) is 1. The van der Waals surface area contributed by atoms with Crippen molar-refractivity contribution in [1.29, 1.82) is 0 Å². The summed E-state index contributed by atoms with van der Waals surface area (Å²) in [5, 5.41) is 1.03. The van der Waals surface area contributed by atoms with Gasteiger partial charge in [0.2, 0.25) is 10.0 Å². The van der Waals surface area contributed by atoms with Crippen LogP contribution in [0.1, 0.15) is 16.8 Å². The van der Waals surface area contributed by atoms with E-state index in [1.807, 2.05) is 32.2 Å². The highest BCUT2D eigenvalue weighted by Crippen LogP contribution is 2.24. The quantitative estimate of drug-likeness (QED) is 0.908. The van der Waals surface area contributed by atoms with Gasteiger partial charge in [0.15, 0.2) is 5.16 Å². The van der Waals surface area contributed by atoms with E-state index < -0.39 is 10.0 Å². The molecule has 0 spiro atoms. The minimum atomic E-state index is -3.46. The molecule has 22 heavy (non-hydrogen) atoms. The van der Waals surface area contributed by atoms with Gasteiger partial charge < -0.3 is 4.57 Å². The average Bonchev–Trinajstić information content (AvgIpc) is 2.98. The molecule has 1 aromatic heterocycles. The number of fused-ring (bicyclic) bond motifs is 1. The molecular weight excluding hydrogens is 318 g/mol. The van der Waals surface area contributed by atoms with Crippen LogP contribution in [0, 0.1) is 13.8 Å². The van der Waals surface area contributed by atoms with Crippen molar-refractivity contribution in [2.45, 2.75) is 36.9 Å². The molecule has 1 aliphatic rings. The fourth-order valence-electron chi connectivity index (χ4n) is 2.57. The normalized spacial score (nSPS) is 14.3. The van der Waals surface area contributed by atoms with Gasteiger partial charge in [0.1, 0.15) is 0 Å². The third-order valence-electron chi connectivity index (χ3n) is 3.65. The Labute approximate surface area is 135 Å². The smallest absolute Gasteiger partial charge is 0.240 e. The summed E-state index contributed by atoms with van der Waals surface area (Å²) in [6, 6.07) is 5.36. The summed E-state index contributed by atoms with van der Waals surface area (Å²) >= 11 is 1.74. The van der Waals surface area contributed by atoms with Gasteiger partial charge in [-0.05, 0) is 25.5 Å². The van der Waals surface area contributed by atoms with Crippen molar-refractivity contribution in [3.8, 4) is 0 Å². The molecule has 0 bridgehead atoms. The van der Waals surface area contributed by atoms with E-state index in [0.29, 0.717) is 17.9 Å².